The number of carbonyl (C=O) groups is 2. The van der Waals surface area contributed by atoms with Gasteiger partial charge in [-0.15, -0.1) is 0 Å². The number of nitrogens with zero attached hydrogens (tertiary/aromatic N) is 1. The van der Waals surface area contributed by atoms with Crippen LogP contribution >= 0.6 is 0 Å². The Kier molecular flexibility index (Phi) is 4.29. The van der Waals surface area contributed by atoms with Crippen molar-refractivity contribution >= 4 is 22.0 Å². The van der Waals surface area contributed by atoms with Gasteiger partial charge in [0, 0.05) is 13.1 Å². The summed E-state index contributed by atoms with van der Waals surface area (Å²) in [6.07, 6.45) is 2.07. The summed E-state index contributed by atoms with van der Waals surface area (Å²) in [7, 11) is -2.50. The Hall–Kier alpha value is -1.15. The summed E-state index contributed by atoms with van der Waals surface area (Å²) in [6, 6.07) is 0. The molecule has 0 spiro atoms. The molecule has 0 aromatic rings. The van der Waals surface area contributed by atoms with Crippen molar-refractivity contribution in [3.63, 3.8) is 0 Å². The van der Waals surface area contributed by atoms with Crippen LogP contribution < -0.4 is 0 Å². The predicted molar refractivity (Wildman–Crippen MR) is 78.6 cm³/mol. The van der Waals surface area contributed by atoms with Gasteiger partial charge in [-0.1, -0.05) is 6.42 Å². The summed E-state index contributed by atoms with van der Waals surface area (Å²) in [5.74, 6) is -2.03. The molecule has 1 aliphatic carbocycles. The highest BCUT2D eigenvalue weighted by Crippen LogP contribution is 2.49. The summed E-state index contributed by atoms with van der Waals surface area (Å²) in [6.45, 7) is 3.26. The predicted octanol–water partition coefficient (Wildman–Crippen LogP) is 0.702. The molecule has 2 rings (SSSR count). The zero-order chi connectivity index (χ0) is 16.8. The van der Waals surface area contributed by atoms with Crippen LogP contribution in [0.4, 0.5) is 0 Å². The van der Waals surface area contributed by atoms with Crippen molar-refractivity contribution in [3.05, 3.63) is 0 Å². The second-order valence-corrected chi connectivity index (χ2v) is 8.94. The van der Waals surface area contributed by atoms with E-state index >= 15 is 0 Å². The highest BCUT2D eigenvalue weighted by Gasteiger charge is 2.57. The fraction of sp³-hybridized carbons (Fsp3) is 0.857. The Labute approximate surface area is 130 Å². The Bertz CT molecular complexity index is 584. The summed E-state index contributed by atoms with van der Waals surface area (Å²) in [5.41, 5.74) is -2.12. The number of rotatable bonds is 5. The van der Waals surface area contributed by atoms with Gasteiger partial charge in [0.2, 0.25) is 10.0 Å². The average Bonchev–Trinajstić information content (AvgIpc) is 2.93. The van der Waals surface area contributed by atoms with E-state index in [2.05, 4.69) is 4.74 Å². The average molecular weight is 333 g/mol. The van der Waals surface area contributed by atoms with Crippen molar-refractivity contribution in [3.8, 4) is 0 Å². The number of ether oxygens (including phenoxy) is 1. The maximum absolute atomic E-state index is 12.6. The molecule has 2 fully saturated rings. The van der Waals surface area contributed by atoms with Crippen LogP contribution in [0.2, 0.25) is 0 Å². The number of fused-ring (bicyclic) bond motifs is 1. The van der Waals surface area contributed by atoms with Crippen molar-refractivity contribution in [2.45, 2.75) is 33.1 Å². The number of aliphatic carboxylic acids is 1. The monoisotopic (exact) mass is 333 g/mol. The lowest BCUT2D eigenvalue weighted by Gasteiger charge is -2.26. The molecule has 0 radical (unpaired) electrons. The quantitative estimate of drug-likeness (QED) is 0.743. The van der Waals surface area contributed by atoms with E-state index in [1.54, 1.807) is 0 Å². The summed E-state index contributed by atoms with van der Waals surface area (Å²) in [4.78, 5) is 23.3. The van der Waals surface area contributed by atoms with E-state index < -0.39 is 32.8 Å². The topological polar surface area (TPSA) is 101 Å². The SMILES string of the molecule is COC(=O)C(C)(C)CS(=O)(=O)N1C[C@@H]2CCC[C@@]2(C(=O)O)C1. The standard InChI is InChI=1S/C14H23NO6S/c1-13(2,12(18)21-3)9-22(19,20)15-7-10-5-4-6-14(10,8-15)11(16)17/h10H,4-9H2,1-3H3,(H,16,17)/t10-,14+/m0/s1. The molecule has 2 atom stereocenters. The van der Waals surface area contributed by atoms with Gasteiger partial charge in [-0.25, -0.2) is 12.7 Å². The third-order valence-corrected chi connectivity index (χ3v) is 7.09. The zero-order valence-electron chi connectivity index (χ0n) is 13.2. The van der Waals surface area contributed by atoms with E-state index in [1.807, 2.05) is 0 Å². The largest absolute Gasteiger partial charge is 0.481 e. The molecule has 8 heteroatoms. The minimum Gasteiger partial charge on any atom is -0.481 e. The van der Waals surface area contributed by atoms with Crippen LogP contribution in [0.5, 0.6) is 0 Å². The number of esters is 1. The Morgan fingerprint density at radius 3 is 2.55 bits per heavy atom. The van der Waals surface area contributed by atoms with E-state index in [4.69, 9.17) is 0 Å². The van der Waals surface area contributed by atoms with Gasteiger partial charge in [0.05, 0.1) is 23.7 Å². The van der Waals surface area contributed by atoms with Gasteiger partial charge in [0.15, 0.2) is 0 Å². The fourth-order valence-electron chi connectivity index (χ4n) is 3.69. The molecule has 0 unspecified atom stereocenters. The molecule has 1 aliphatic heterocycles. The van der Waals surface area contributed by atoms with Gasteiger partial charge < -0.3 is 9.84 Å². The number of sulfonamides is 1. The lowest BCUT2D eigenvalue weighted by molar-refractivity contribution is -0.150. The maximum Gasteiger partial charge on any atom is 0.312 e. The van der Waals surface area contributed by atoms with Crippen LogP contribution in [0.1, 0.15) is 33.1 Å². The van der Waals surface area contributed by atoms with Crippen LogP contribution in [0.15, 0.2) is 0 Å². The smallest absolute Gasteiger partial charge is 0.312 e. The number of methoxy groups -OCH3 is 1. The normalized spacial score (nSPS) is 29.3. The summed E-state index contributed by atoms with van der Waals surface area (Å²) >= 11 is 0. The number of hydrogen-bond acceptors (Lipinski definition) is 5. The molecule has 0 bridgehead atoms. The highest BCUT2D eigenvalue weighted by molar-refractivity contribution is 7.89. The van der Waals surface area contributed by atoms with E-state index in [0.29, 0.717) is 6.42 Å². The number of carboxylic acids is 1. The first-order chi connectivity index (χ1) is 10.0. The maximum atomic E-state index is 12.6. The van der Waals surface area contributed by atoms with Crippen molar-refractivity contribution in [1.29, 1.82) is 0 Å². The number of carbonyl (C=O) groups excluding carboxylic acids is 1. The minimum absolute atomic E-state index is 0.00653. The molecule has 0 aromatic carbocycles. The van der Waals surface area contributed by atoms with E-state index in [-0.39, 0.29) is 24.8 Å². The van der Waals surface area contributed by atoms with E-state index in [0.717, 1.165) is 12.8 Å². The molecule has 0 aromatic heterocycles. The Morgan fingerprint density at radius 1 is 1.41 bits per heavy atom. The molecule has 22 heavy (non-hydrogen) atoms. The summed E-state index contributed by atoms with van der Waals surface area (Å²) < 4.78 is 31.1. The fourth-order valence-corrected chi connectivity index (χ4v) is 5.73. The second kappa shape index (κ2) is 5.49. The second-order valence-electron chi connectivity index (χ2n) is 6.97. The van der Waals surface area contributed by atoms with Crippen LogP contribution in [-0.2, 0) is 24.3 Å². The number of hydrogen-bond donors (Lipinski definition) is 1. The lowest BCUT2D eigenvalue weighted by atomic mass is 9.81. The molecule has 7 nitrogen and oxygen atoms in total. The van der Waals surface area contributed by atoms with Crippen molar-refractivity contribution in [1.82, 2.24) is 4.31 Å². The van der Waals surface area contributed by atoms with Gasteiger partial charge >= 0.3 is 11.9 Å². The van der Waals surface area contributed by atoms with Crippen molar-refractivity contribution < 1.29 is 27.9 Å². The van der Waals surface area contributed by atoms with Crippen LogP contribution in [0, 0.1) is 16.7 Å². The third kappa shape index (κ3) is 2.74. The molecule has 2 aliphatic rings. The minimum atomic E-state index is -3.72. The first-order valence-corrected chi connectivity index (χ1v) is 8.96. The van der Waals surface area contributed by atoms with Gasteiger partial charge in [-0.05, 0) is 32.6 Å². The third-order valence-electron chi connectivity index (χ3n) is 4.94. The molecule has 126 valence electrons. The number of carboxylic acid groups (broad SMARTS) is 1. The molecule has 1 heterocycles. The Balaban J connectivity index is 2.19. The van der Waals surface area contributed by atoms with Crippen LogP contribution in [0.3, 0.4) is 0 Å². The molecule has 1 saturated carbocycles. The van der Waals surface area contributed by atoms with Crippen LogP contribution in [-0.4, -0.2) is 55.7 Å². The van der Waals surface area contributed by atoms with Crippen molar-refractivity contribution in [2.75, 3.05) is 26.0 Å². The molecule has 1 saturated heterocycles. The van der Waals surface area contributed by atoms with Gasteiger partial charge in [-0.2, -0.15) is 0 Å². The first kappa shape index (κ1) is 17.2. The lowest BCUT2D eigenvalue weighted by Crippen LogP contribution is -2.42. The van der Waals surface area contributed by atoms with Gasteiger partial charge in [-0.3, -0.25) is 9.59 Å². The molecule has 1 N–H and O–H groups in total. The first-order valence-electron chi connectivity index (χ1n) is 7.35. The zero-order valence-corrected chi connectivity index (χ0v) is 14.0. The van der Waals surface area contributed by atoms with E-state index in [9.17, 15) is 23.1 Å². The van der Waals surface area contributed by atoms with Gasteiger partial charge in [0.1, 0.15) is 0 Å². The molecular weight excluding hydrogens is 310 g/mol. The van der Waals surface area contributed by atoms with Crippen molar-refractivity contribution in [2.24, 2.45) is 16.7 Å². The van der Waals surface area contributed by atoms with Gasteiger partial charge in [0.25, 0.3) is 0 Å². The molecular formula is C14H23NO6S. The van der Waals surface area contributed by atoms with E-state index in [1.165, 1.54) is 25.3 Å². The molecule has 0 amide bonds. The Morgan fingerprint density at radius 2 is 2.05 bits per heavy atom. The highest BCUT2D eigenvalue weighted by atomic mass is 32.2. The van der Waals surface area contributed by atoms with Crippen LogP contribution in [0.25, 0.3) is 0 Å². The summed E-state index contributed by atoms with van der Waals surface area (Å²) in [5, 5.41) is 9.52.